The largest absolute Gasteiger partial charge is 0.497 e. The maximum Gasteiger partial charge on any atom is 0.438 e. The molecule has 1 atom stereocenters. The summed E-state index contributed by atoms with van der Waals surface area (Å²) in [5.41, 5.74) is -3.38. The summed E-state index contributed by atoms with van der Waals surface area (Å²) in [6.45, 7) is -0.839. The molecule has 6 nitrogen and oxygen atoms in total. The SMILES string of the molecule is COc1cccc(C2=NN(C(=O)COc3ccc(Cl)cc3Cl)[C@@](O)(C(F)(F)F)C2)c1. The van der Waals surface area contributed by atoms with Crippen LogP contribution in [0.4, 0.5) is 13.2 Å². The number of amides is 1. The molecular weight excluding hydrogens is 448 g/mol. The van der Waals surface area contributed by atoms with E-state index in [0.717, 1.165) is 0 Å². The fraction of sp³-hybridized carbons (Fsp3) is 0.263. The summed E-state index contributed by atoms with van der Waals surface area (Å²) in [5.74, 6) is -0.781. The highest BCUT2D eigenvalue weighted by Gasteiger charge is 2.63. The highest BCUT2D eigenvalue weighted by atomic mass is 35.5. The standard InChI is InChI=1S/C19H15Cl2F3N2O4/c1-29-13-4-2-3-11(7-13)15-9-18(28,19(22,23)24)26(25-15)17(27)10-30-16-6-5-12(20)8-14(16)21/h2-8,28H,9-10H2,1H3/t18-/m0/s1. The average molecular weight is 463 g/mol. The van der Waals surface area contributed by atoms with E-state index in [1.54, 1.807) is 12.1 Å². The molecule has 2 aromatic rings. The first-order valence-electron chi connectivity index (χ1n) is 8.47. The number of benzene rings is 2. The second kappa shape index (κ2) is 8.33. The molecule has 0 aromatic heterocycles. The van der Waals surface area contributed by atoms with Crippen LogP contribution in [-0.4, -0.2) is 47.4 Å². The van der Waals surface area contributed by atoms with E-state index in [1.165, 1.54) is 37.4 Å². The van der Waals surface area contributed by atoms with Gasteiger partial charge in [-0.3, -0.25) is 4.79 Å². The van der Waals surface area contributed by atoms with Gasteiger partial charge in [0.25, 0.3) is 11.6 Å². The van der Waals surface area contributed by atoms with Gasteiger partial charge < -0.3 is 14.6 Å². The first kappa shape index (κ1) is 22.2. The summed E-state index contributed by atoms with van der Waals surface area (Å²) < 4.78 is 51.2. The normalized spacial score (nSPS) is 18.9. The molecule has 0 spiro atoms. The molecule has 0 aliphatic carbocycles. The van der Waals surface area contributed by atoms with Crippen LogP contribution in [0.5, 0.6) is 11.5 Å². The minimum Gasteiger partial charge on any atom is -0.497 e. The molecule has 1 aliphatic rings. The van der Waals surface area contributed by atoms with Gasteiger partial charge in [-0.25, -0.2) is 0 Å². The molecule has 0 radical (unpaired) electrons. The third-order valence-electron chi connectivity index (χ3n) is 4.32. The molecule has 160 valence electrons. The van der Waals surface area contributed by atoms with E-state index in [1.807, 2.05) is 0 Å². The first-order valence-corrected chi connectivity index (χ1v) is 9.22. The number of ether oxygens (including phenoxy) is 2. The maximum absolute atomic E-state index is 13.6. The van der Waals surface area contributed by atoms with Crippen molar-refractivity contribution in [1.82, 2.24) is 5.01 Å². The van der Waals surface area contributed by atoms with Gasteiger partial charge in [0.1, 0.15) is 11.5 Å². The van der Waals surface area contributed by atoms with E-state index >= 15 is 0 Å². The van der Waals surface area contributed by atoms with Crippen molar-refractivity contribution in [1.29, 1.82) is 0 Å². The molecule has 1 amide bonds. The maximum atomic E-state index is 13.6. The number of carbonyl (C=O) groups is 1. The van der Waals surface area contributed by atoms with Gasteiger partial charge in [0.2, 0.25) is 0 Å². The van der Waals surface area contributed by atoms with Crippen molar-refractivity contribution in [2.45, 2.75) is 18.3 Å². The quantitative estimate of drug-likeness (QED) is 0.720. The highest BCUT2D eigenvalue weighted by molar-refractivity contribution is 6.35. The van der Waals surface area contributed by atoms with Crippen molar-refractivity contribution in [3.63, 3.8) is 0 Å². The lowest BCUT2D eigenvalue weighted by Crippen LogP contribution is -2.57. The zero-order valence-electron chi connectivity index (χ0n) is 15.4. The first-order chi connectivity index (χ1) is 14.0. The number of hydrogen-bond acceptors (Lipinski definition) is 5. The smallest absolute Gasteiger partial charge is 0.438 e. The molecule has 30 heavy (non-hydrogen) atoms. The van der Waals surface area contributed by atoms with Crippen LogP contribution in [0.3, 0.4) is 0 Å². The van der Waals surface area contributed by atoms with Crippen molar-refractivity contribution in [2.75, 3.05) is 13.7 Å². The van der Waals surface area contributed by atoms with Gasteiger partial charge in [-0.15, -0.1) is 0 Å². The molecule has 0 fully saturated rings. The minimum absolute atomic E-state index is 0.00830. The fourth-order valence-corrected chi connectivity index (χ4v) is 3.25. The Morgan fingerprint density at radius 2 is 2.00 bits per heavy atom. The monoisotopic (exact) mass is 462 g/mol. The van der Waals surface area contributed by atoms with Crippen molar-refractivity contribution in [3.05, 3.63) is 58.1 Å². The van der Waals surface area contributed by atoms with E-state index in [9.17, 15) is 23.1 Å². The number of rotatable bonds is 5. The lowest BCUT2D eigenvalue weighted by molar-refractivity contribution is -0.302. The topological polar surface area (TPSA) is 71.4 Å². The second-order valence-electron chi connectivity index (χ2n) is 6.34. The Kier molecular flexibility index (Phi) is 6.16. The van der Waals surface area contributed by atoms with E-state index in [0.29, 0.717) is 10.8 Å². The van der Waals surface area contributed by atoms with E-state index in [2.05, 4.69) is 5.10 Å². The van der Waals surface area contributed by atoms with Gasteiger partial charge in [0.15, 0.2) is 6.61 Å². The number of hydrogen-bond donors (Lipinski definition) is 1. The number of nitrogens with zero attached hydrogens (tertiary/aromatic N) is 2. The van der Waals surface area contributed by atoms with Crippen molar-refractivity contribution < 1.29 is 32.5 Å². The zero-order valence-corrected chi connectivity index (χ0v) is 16.9. The summed E-state index contributed by atoms with van der Waals surface area (Å²) in [4.78, 5) is 12.5. The second-order valence-corrected chi connectivity index (χ2v) is 7.18. The Morgan fingerprint density at radius 1 is 1.27 bits per heavy atom. The highest BCUT2D eigenvalue weighted by Crippen LogP contribution is 2.41. The summed E-state index contributed by atoms with van der Waals surface area (Å²) in [7, 11) is 1.40. The van der Waals surface area contributed by atoms with Gasteiger partial charge in [0.05, 0.1) is 24.3 Å². The predicted octanol–water partition coefficient (Wildman–Crippen LogP) is 4.27. The van der Waals surface area contributed by atoms with Gasteiger partial charge in [0, 0.05) is 10.6 Å². The van der Waals surface area contributed by atoms with Crippen LogP contribution in [0.25, 0.3) is 0 Å². The number of alkyl halides is 3. The summed E-state index contributed by atoms with van der Waals surface area (Å²) >= 11 is 11.7. The lowest BCUT2D eigenvalue weighted by Gasteiger charge is -2.32. The van der Waals surface area contributed by atoms with Gasteiger partial charge in [-0.2, -0.15) is 23.3 Å². The lowest BCUT2D eigenvalue weighted by atomic mass is 10.0. The predicted molar refractivity (Wildman–Crippen MR) is 104 cm³/mol. The number of aliphatic hydroxyl groups is 1. The van der Waals surface area contributed by atoms with Crippen LogP contribution in [0.1, 0.15) is 12.0 Å². The third-order valence-corrected chi connectivity index (χ3v) is 4.85. The van der Waals surface area contributed by atoms with Gasteiger partial charge in [-0.1, -0.05) is 35.3 Å². The molecule has 11 heteroatoms. The molecule has 0 bridgehead atoms. The molecule has 1 aliphatic heterocycles. The van der Waals surface area contributed by atoms with Crippen molar-refractivity contribution in [3.8, 4) is 11.5 Å². The zero-order chi connectivity index (χ0) is 22.1. The molecular formula is C19H15Cl2F3N2O4. The summed E-state index contributed by atoms with van der Waals surface area (Å²) in [6.07, 6.45) is -6.11. The van der Waals surface area contributed by atoms with Crippen LogP contribution >= 0.6 is 23.2 Å². The Labute approximate surface area is 179 Å². The van der Waals surface area contributed by atoms with Crippen LogP contribution in [0.15, 0.2) is 47.6 Å². The number of hydrazone groups is 1. The van der Waals surface area contributed by atoms with Crippen molar-refractivity contribution in [2.24, 2.45) is 5.10 Å². The molecule has 1 N–H and O–H groups in total. The third kappa shape index (κ3) is 4.33. The Hall–Kier alpha value is -2.49. The van der Waals surface area contributed by atoms with Crippen LogP contribution in [0, 0.1) is 0 Å². The average Bonchev–Trinajstić information content (AvgIpc) is 3.06. The van der Waals surface area contributed by atoms with Crippen LogP contribution in [0.2, 0.25) is 10.0 Å². The fourth-order valence-electron chi connectivity index (χ4n) is 2.78. The summed E-state index contributed by atoms with van der Waals surface area (Å²) in [5, 5.41) is 14.5. The van der Waals surface area contributed by atoms with E-state index < -0.39 is 30.8 Å². The van der Waals surface area contributed by atoms with Gasteiger partial charge in [-0.05, 0) is 30.3 Å². The Bertz CT molecular complexity index is 1000. The van der Waals surface area contributed by atoms with Crippen LogP contribution < -0.4 is 9.47 Å². The molecule has 0 unspecified atom stereocenters. The number of halogens is 5. The number of methoxy groups -OCH3 is 1. The summed E-state index contributed by atoms with van der Waals surface area (Å²) in [6, 6.07) is 10.3. The molecule has 3 rings (SSSR count). The number of carbonyl (C=O) groups excluding carboxylic acids is 1. The molecule has 0 saturated carbocycles. The molecule has 1 heterocycles. The van der Waals surface area contributed by atoms with Gasteiger partial charge >= 0.3 is 6.18 Å². The van der Waals surface area contributed by atoms with Crippen molar-refractivity contribution >= 4 is 34.8 Å². The molecule has 0 saturated heterocycles. The van der Waals surface area contributed by atoms with E-state index in [4.69, 9.17) is 32.7 Å². The Morgan fingerprint density at radius 3 is 2.63 bits per heavy atom. The minimum atomic E-state index is -5.16. The molecule has 2 aromatic carbocycles. The van der Waals surface area contributed by atoms with Crippen LogP contribution in [-0.2, 0) is 4.79 Å². The van der Waals surface area contributed by atoms with E-state index in [-0.39, 0.29) is 27.1 Å². The Balaban J connectivity index is 1.87.